The molecule has 0 aromatic heterocycles. The topological polar surface area (TPSA) is 117 Å². The van der Waals surface area contributed by atoms with Gasteiger partial charge in [0.2, 0.25) is 0 Å². The minimum Gasteiger partial charge on any atom is -0.356 e. The van der Waals surface area contributed by atoms with Gasteiger partial charge in [0.25, 0.3) is 0 Å². The number of hydroxylamine groups is 1. The Kier molecular flexibility index (Phi) is 8.62. The van der Waals surface area contributed by atoms with Crippen molar-refractivity contribution >= 4 is 0 Å². The van der Waals surface area contributed by atoms with Crippen LogP contribution in [0.2, 0.25) is 0 Å². The lowest BCUT2D eigenvalue weighted by Crippen LogP contribution is -3.15. The molecule has 0 bridgehead atoms. The molecule has 0 aromatic carbocycles. The van der Waals surface area contributed by atoms with E-state index >= 15 is 0 Å². The molecule has 0 aliphatic heterocycles. The van der Waals surface area contributed by atoms with Crippen LogP contribution in [0.5, 0.6) is 0 Å². The van der Waals surface area contributed by atoms with Gasteiger partial charge < -0.3 is 15.3 Å². The highest BCUT2D eigenvalue weighted by Crippen LogP contribution is 1.44. The summed E-state index contributed by atoms with van der Waals surface area (Å²) in [6.07, 6.45) is 0. The van der Waals surface area contributed by atoms with Crippen LogP contribution in [0.25, 0.3) is 0 Å². The summed E-state index contributed by atoms with van der Waals surface area (Å²) in [6, 6.07) is 0. The Bertz CT molecular complexity index is 70.2. The van der Waals surface area contributed by atoms with Crippen LogP contribution in [0.1, 0.15) is 6.92 Å². The van der Waals surface area contributed by atoms with Crippen LogP contribution in [0.3, 0.4) is 0 Å². The van der Waals surface area contributed by atoms with Crippen molar-refractivity contribution < 1.29 is 15.5 Å². The van der Waals surface area contributed by atoms with E-state index in [0.717, 1.165) is 0 Å². The number of hydrogen-bond acceptors (Lipinski definition) is 5. The minimum atomic E-state index is -1.75. The Morgan fingerprint density at radius 3 is 1.89 bits per heavy atom. The van der Waals surface area contributed by atoms with Crippen molar-refractivity contribution in [2.75, 3.05) is 6.54 Å². The van der Waals surface area contributed by atoms with Gasteiger partial charge in [-0.2, -0.15) is 5.21 Å². The van der Waals surface area contributed by atoms with Crippen molar-refractivity contribution in [2.24, 2.45) is 5.84 Å². The molecule has 4 N–H and O–H groups in total. The molecule has 9 heavy (non-hydrogen) atoms. The van der Waals surface area contributed by atoms with Gasteiger partial charge in [0, 0.05) is 0 Å². The van der Waals surface area contributed by atoms with E-state index in [1.165, 1.54) is 0 Å². The largest absolute Gasteiger partial charge is 0.356 e. The maximum atomic E-state index is 8.25. The van der Waals surface area contributed by atoms with Crippen LogP contribution < -0.4 is 11.0 Å². The standard InChI is InChI=1S/C2H8N2O.NO3/c1-2-4(3)5;2-1(3)4/h5H,2-3H2,1H3;/q;-1/p+1. The van der Waals surface area contributed by atoms with E-state index in [1.54, 1.807) is 6.92 Å². The smallest absolute Gasteiger partial charge is 0.123 e. The molecular weight excluding hydrogens is 130 g/mol. The van der Waals surface area contributed by atoms with Crippen molar-refractivity contribution in [2.45, 2.75) is 6.92 Å². The number of nitrogens with zero attached hydrogens (tertiary/aromatic N) is 1. The molecular formula is C2H9N3O4. The molecule has 0 fully saturated rings. The SMILES string of the molecule is CC[NH+](N)O.O=[N+]([O-])[O-]. The third-order valence-electron chi connectivity index (χ3n) is 0.362. The number of quaternary nitrogens is 1. The minimum absolute atomic E-state index is 0.00463. The van der Waals surface area contributed by atoms with E-state index in [-0.39, 0.29) is 5.17 Å². The van der Waals surface area contributed by atoms with Crippen molar-refractivity contribution in [3.05, 3.63) is 15.3 Å². The van der Waals surface area contributed by atoms with E-state index in [4.69, 9.17) is 26.4 Å². The molecule has 7 heteroatoms. The van der Waals surface area contributed by atoms with Gasteiger partial charge in [0.05, 0.1) is 5.09 Å². The second-order valence-corrected chi connectivity index (χ2v) is 1.07. The second-order valence-electron chi connectivity index (χ2n) is 1.07. The Morgan fingerprint density at radius 2 is 1.89 bits per heavy atom. The van der Waals surface area contributed by atoms with Gasteiger partial charge in [-0.3, -0.25) is 0 Å². The lowest BCUT2D eigenvalue weighted by molar-refractivity contribution is -1.10. The van der Waals surface area contributed by atoms with Crippen molar-refractivity contribution in [1.29, 1.82) is 0 Å². The van der Waals surface area contributed by atoms with Crippen molar-refractivity contribution in [3.63, 3.8) is 0 Å². The molecule has 1 unspecified atom stereocenters. The van der Waals surface area contributed by atoms with Crippen LogP contribution in [0.4, 0.5) is 0 Å². The first-order valence-corrected chi connectivity index (χ1v) is 2.12. The lowest BCUT2D eigenvalue weighted by Gasteiger charge is -1.92. The van der Waals surface area contributed by atoms with Gasteiger partial charge in [-0.25, -0.2) is 0 Å². The van der Waals surface area contributed by atoms with E-state index in [0.29, 0.717) is 6.54 Å². The van der Waals surface area contributed by atoms with E-state index < -0.39 is 5.09 Å². The first-order valence-electron chi connectivity index (χ1n) is 2.12. The molecule has 0 aliphatic rings. The van der Waals surface area contributed by atoms with E-state index in [9.17, 15) is 0 Å². The molecule has 0 rings (SSSR count). The van der Waals surface area contributed by atoms with E-state index in [1.807, 2.05) is 0 Å². The maximum absolute atomic E-state index is 8.25. The fraction of sp³-hybridized carbons (Fsp3) is 1.00. The maximum Gasteiger partial charge on any atom is 0.123 e. The summed E-state index contributed by atoms with van der Waals surface area (Å²) in [5.41, 5.74) is 0. The fourth-order valence-electron chi connectivity index (χ4n) is 0. The van der Waals surface area contributed by atoms with Crippen molar-refractivity contribution in [3.8, 4) is 0 Å². The highest BCUT2D eigenvalue weighted by atomic mass is 16.9. The third-order valence-corrected chi connectivity index (χ3v) is 0.362. The predicted molar refractivity (Wildman–Crippen MR) is 27.8 cm³/mol. The first-order chi connectivity index (χ1) is 4.00. The molecule has 0 amide bonds. The quantitative estimate of drug-likeness (QED) is 0.219. The predicted octanol–water partition coefficient (Wildman–Crippen LogP) is -2.08. The fourth-order valence-corrected chi connectivity index (χ4v) is 0. The summed E-state index contributed by atoms with van der Waals surface area (Å²) in [4.78, 5) is 8.25. The highest BCUT2D eigenvalue weighted by molar-refractivity contribution is 4.03. The van der Waals surface area contributed by atoms with Crippen LogP contribution in [0.15, 0.2) is 0 Å². The van der Waals surface area contributed by atoms with Crippen LogP contribution in [0, 0.1) is 15.3 Å². The van der Waals surface area contributed by atoms with Crippen molar-refractivity contribution in [1.82, 2.24) is 0 Å². The number of rotatable bonds is 1. The van der Waals surface area contributed by atoms with Gasteiger partial charge in [-0.05, 0) is 6.92 Å². The molecule has 0 aromatic rings. The van der Waals surface area contributed by atoms with Gasteiger partial charge in [0.15, 0.2) is 0 Å². The molecule has 1 atom stereocenters. The zero-order chi connectivity index (χ0) is 7.86. The van der Waals surface area contributed by atoms with Crippen LogP contribution >= 0.6 is 0 Å². The van der Waals surface area contributed by atoms with Gasteiger partial charge in [0.1, 0.15) is 6.54 Å². The summed E-state index contributed by atoms with van der Waals surface area (Å²) < 4.78 is 0. The molecule has 0 saturated heterocycles. The van der Waals surface area contributed by atoms with Gasteiger partial charge in [-0.15, -0.1) is 11.0 Å². The molecule has 0 aliphatic carbocycles. The zero-order valence-electron chi connectivity index (χ0n) is 4.90. The van der Waals surface area contributed by atoms with Gasteiger partial charge >= 0.3 is 0 Å². The molecule has 0 radical (unpaired) electrons. The Morgan fingerprint density at radius 1 is 1.78 bits per heavy atom. The Balaban J connectivity index is 0. The number of hydrogen-bond donors (Lipinski definition) is 3. The lowest BCUT2D eigenvalue weighted by atomic mass is 10.8. The summed E-state index contributed by atoms with van der Waals surface area (Å²) >= 11 is 0. The average molecular weight is 139 g/mol. The van der Waals surface area contributed by atoms with Gasteiger partial charge in [-0.1, -0.05) is 0 Å². The summed E-state index contributed by atoms with van der Waals surface area (Å²) in [7, 11) is 0. The summed E-state index contributed by atoms with van der Waals surface area (Å²) in [5.74, 6) is 4.76. The highest BCUT2D eigenvalue weighted by Gasteiger charge is 1.79. The average Bonchev–Trinajstić information content (AvgIpc) is 1.65. The normalized spacial score (nSPS) is 11.0. The monoisotopic (exact) mass is 139 g/mol. The third kappa shape index (κ3) is 157. The second kappa shape index (κ2) is 7.08. The number of nitrogens with two attached hydrogens (primary N) is 1. The Labute approximate surface area is 51.3 Å². The Hall–Kier alpha value is -0.920. The molecule has 7 nitrogen and oxygen atoms in total. The zero-order valence-corrected chi connectivity index (χ0v) is 4.90. The molecule has 56 valence electrons. The molecule has 0 spiro atoms. The summed E-state index contributed by atoms with van der Waals surface area (Å²) in [5, 5.41) is 22.8. The molecule has 0 saturated carbocycles. The van der Waals surface area contributed by atoms with E-state index in [2.05, 4.69) is 0 Å². The summed E-state index contributed by atoms with van der Waals surface area (Å²) in [6.45, 7) is 2.34. The van der Waals surface area contributed by atoms with Crippen LogP contribution in [-0.2, 0) is 0 Å². The first kappa shape index (κ1) is 11.0. The van der Waals surface area contributed by atoms with Crippen LogP contribution in [-0.4, -0.2) is 16.8 Å². The molecule has 0 heterocycles. The number of nitrogens with one attached hydrogen (secondary N) is 1.